The van der Waals surface area contributed by atoms with Crippen LogP contribution in [0.15, 0.2) is 24.3 Å². The van der Waals surface area contributed by atoms with Crippen molar-refractivity contribution in [2.45, 2.75) is 31.8 Å². The van der Waals surface area contributed by atoms with Crippen molar-refractivity contribution in [2.24, 2.45) is 0 Å². The van der Waals surface area contributed by atoms with Crippen LogP contribution in [0.5, 0.6) is 0 Å². The van der Waals surface area contributed by atoms with E-state index in [9.17, 15) is 4.79 Å². The average molecular weight is 275 g/mol. The molecule has 0 bridgehead atoms. The normalized spacial score (nSPS) is 19.5. The Hall–Kier alpha value is -1.46. The molecule has 3 rings (SSSR count). The Balaban J connectivity index is 1.60. The first-order chi connectivity index (χ1) is 9.33. The van der Waals surface area contributed by atoms with Gasteiger partial charge in [-0.25, -0.2) is 4.98 Å². The quantitative estimate of drug-likeness (QED) is 0.901. The lowest BCUT2D eigenvalue weighted by Crippen LogP contribution is -2.46. The second kappa shape index (κ2) is 5.67. The first-order valence-corrected chi connectivity index (χ1v) is 7.50. The van der Waals surface area contributed by atoms with Crippen molar-refractivity contribution in [3.8, 4) is 0 Å². The highest BCUT2D eigenvalue weighted by molar-refractivity contribution is 7.18. The number of hydrogen-bond acceptors (Lipinski definition) is 4. The van der Waals surface area contributed by atoms with Gasteiger partial charge in [0.05, 0.1) is 22.8 Å². The van der Waals surface area contributed by atoms with Crippen LogP contribution >= 0.6 is 11.3 Å². The fourth-order valence-corrected chi connectivity index (χ4v) is 3.26. The van der Waals surface area contributed by atoms with Crippen LogP contribution in [0, 0.1) is 0 Å². The summed E-state index contributed by atoms with van der Waals surface area (Å²) in [6, 6.07) is 8.02. The van der Waals surface area contributed by atoms with E-state index in [4.69, 9.17) is 0 Å². The lowest BCUT2D eigenvalue weighted by atomic mass is 10.0. The van der Waals surface area contributed by atoms with Gasteiger partial charge in [-0.15, -0.1) is 11.3 Å². The number of hydrogen-bond donors (Lipinski definition) is 2. The number of fused-ring (bicyclic) bond motifs is 1. The fraction of sp³-hybridized carbons (Fsp3) is 0.429. The highest BCUT2D eigenvalue weighted by Gasteiger charge is 2.20. The molecule has 1 aromatic carbocycles. The number of aromatic nitrogens is 1. The van der Waals surface area contributed by atoms with Crippen LogP contribution in [0.4, 0.5) is 0 Å². The van der Waals surface area contributed by atoms with Crippen LogP contribution in [0.1, 0.15) is 24.3 Å². The zero-order chi connectivity index (χ0) is 13.1. The molecule has 0 saturated carbocycles. The molecule has 1 saturated heterocycles. The number of carbonyl (C=O) groups excluding carboxylic acids is 1. The van der Waals surface area contributed by atoms with Gasteiger partial charge in [0.15, 0.2) is 0 Å². The zero-order valence-electron chi connectivity index (χ0n) is 10.7. The molecule has 1 atom stereocenters. The van der Waals surface area contributed by atoms with Gasteiger partial charge in [0.2, 0.25) is 5.91 Å². The van der Waals surface area contributed by atoms with Crippen molar-refractivity contribution in [3.63, 3.8) is 0 Å². The van der Waals surface area contributed by atoms with Crippen LogP contribution in [0.25, 0.3) is 10.2 Å². The molecule has 1 fully saturated rings. The van der Waals surface area contributed by atoms with E-state index in [0.29, 0.717) is 6.54 Å². The fourth-order valence-electron chi connectivity index (χ4n) is 2.36. The molecular weight excluding hydrogens is 258 g/mol. The van der Waals surface area contributed by atoms with Crippen molar-refractivity contribution >= 4 is 27.5 Å². The zero-order valence-corrected chi connectivity index (χ0v) is 11.5. The molecule has 2 aromatic rings. The summed E-state index contributed by atoms with van der Waals surface area (Å²) in [5, 5.41) is 7.19. The minimum atomic E-state index is -0.0249. The van der Waals surface area contributed by atoms with Gasteiger partial charge >= 0.3 is 0 Å². The summed E-state index contributed by atoms with van der Waals surface area (Å²) in [6.45, 7) is 1.47. The molecule has 0 aliphatic carbocycles. The van der Waals surface area contributed by atoms with Gasteiger partial charge in [0.25, 0.3) is 0 Å². The van der Waals surface area contributed by atoms with E-state index in [-0.39, 0.29) is 11.9 Å². The topological polar surface area (TPSA) is 54.0 Å². The first-order valence-electron chi connectivity index (χ1n) is 6.68. The number of benzene rings is 1. The molecule has 5 heteroatoms. The van der Waals surface area contributed by atoms with E-state index in [1.165, 1.54) is 11.1 Å². The molecular formula is C14H17N3OS. The largest absolute Gasteiger partial charge is 0.348 e. The Labute approximate surface area is 116 Å². The number of nitrogens with zero attached hydrogens (tertiary/aromatic N) is 1. The molecule has 0 spiro atoms. The number of para-hydroxylation sites is 1. The molecule has 0 radical (unpaired) electrons. The molecule has 4 nitrogen and oxygen atoms in total. The van der Waals surface area contributed by atoms with Crippen LogP contribution in [0.3, 0.4) is 0 Å². The summed E-state index contributed by atoms with van der Waals surface area (Å²) < 4.78 is 1.17. The van der Waals surface area contributed by atoms with E-state index < -0.39 is 0 Å². The molecule has 1 amide bonds. The van der Waals surface area contributed by atoms with Gasteiger partial charge < -0.3 is 10.6 Å². The van der Waals surface area contributed by atoms with Gasteiger partial charge in [-0.1, -0.05) is 18.6 Å². The summed E-state index contributed by atoms with van der Waals surface area (Å²) in [7, 11) is 0. The Morgan fingerprint density at radius 1 is 1.42 bits per heavy atom. The Morgan fingerprint density at radius 2 is 2.32 bits per heavy atom. The van der Waals surface area contributed by atoms with Crippen LogP contribution in [-0.4, -0.2) is 23.5 Å². The Morgan fingerprint density at radius 3 is 3.11 bits per heavy atom. The summed E-state index contributed by atoms with van der Waals surface area (Å²) in [5.74, 6) is 0.0963. The minimum absolute atomic E-state index is 0.0249. The van der Waals surface area contributed by atoms with Crippen molar-refractivity contribution in [1.82, 2.24) is 15.6 Å². The summed E-state index contributed by atoms with van der Waals surface area (Å²) in [5.41, 5.74) is 1.01. The molecule has 1 aliphatic heterocycles. The summed E-state index contributed by atoms with van der Waals surface area (Å²) in [6.07, 6.45) is 3.24. The Bertz CT molecular complexity index is 542. The van der Waals surface area contributed by atoms with Gasteiger partial charge in [0.1, 0.15) is 5.01 Å². The predicted molar refractivity (Wildman–Crippen MR) is 77.1 cm³/mol. The Kier molecular flexibility index (Phi) is 3.75. The number of rotatable bonds is 3. The lowest BCUT2D eigenvalue weighted by molar-refractivity contribution is -0.123. The third-order valence-corrected chi connectivity index (χ3v) is 4.42. The second-order valence-corrected chi connectivity index (χ2v) is 5.91. The number of thiazole rings is 1. The number of carbonyl (C=O) groups is 1. The standard InChI is InChI=1S/C14H17N3OS/c18-14(11-6-3-4-8-15-11)16-9-13-17-10-5-1-2-7-12(10)19-13/h1-2,5,7,11,15H,3-4,6,8-9H2,(H,16,18). The van der Waals surface area contributed by atoms with Crippen molar-refractivity contribution < 1.29 is 4.79 Å². The van der Waals surface area contributed by atoms with Crippen LogP contribution in [-0.2, 0) is 11.3 Å². The van der Waals surface area contributed by atoms with Crippen LogP contribution in [0.2, 0.25) is 0 Å². The third kappa shape index (κ3) is 2.93. The van der Waals surface area contributed by atoms with Gasteiger partial charge in [-0.3, -0.25) is 4.79 Å². The molecule has 2 N–H and O–H groups in total. The number of nitrogens with one attached hydrogen (secondary N) is 2. The highest BCUT2D eigenvalue weighted by Crippen LogP contribution is 2.21. The maximum Gasteiger partial charge on any atom is 0.237 e. The molecule has 1 aliphatic rings. The number of amides is 1. The first kappa shape index (κ1) is 12.6. The van der Waals surface area contributed by atoms with E-state index in [2.05, 4.69) is 21.7 Å². The van der Waals surface area contributed by atoms with Gasteiger partial charge in [0, 0.05) is 0 Å². The minimum Gasteiger partial charge on any atom is -0.348 e. The maximum atomic E-state index is 12.0. The summed E-state index contributed by atoms with van der Waals surface area (Å²) in [4.78, 5) is 16.5. The molecule has 2 heterocycles. The SMILES string of the molecule is O=C(NCc1nc2ccccc2s1)C1CCCCN1. The lowest BCUT2D eigenvalue weighted by Gasteiger charge is -2.22. The molecule has 100 valence electrons. The monoisotopic (exact) mass is 275 g/mol. The van der Waals surface area contributed by atoms with Gasteiger partial charge in [-0.2, -0.15) is 0 Å². The third-order valence-electron chi connectivity index (χ3n) is 3.38. The van der Waals surface area contributed by atoms with Crippen molar-refractivity contribution in [2.75, 3.05) is 6.54 Å². The smallest absolute Gasteiger partial charge is 0.237 e. The van der Waals surface area contributed by atoms with Gasteiger partial charge in [-0.05, 0) is 31.5 Å². The summed E-state index contributed by atoms with van der Waals surface area (Å²) >= 11 is 1.64. The predicted octanol–water partition coefficient (Wildman–Crippen LogP) is 2.05. The van der Waals surface area contributed by atoms with E-state index >= 15 is 0 Å². The highest BCUT2D eigenvalue weighted by atomic mass is 32.1. The van der Waals surface area contributed by atoms with E-state index in [1.54, 1.807) is 11.3 Å². The van der Waals surface area contributed by atoms with E-state index in [1.807, 2.05) is 18.2 Å². The van der Waals surface area contributed by atoms with Crippen molar-refractivity contribution in [1.29, 1.82) is 0 Å². The second-order valence-electron chi connectivity index (χ2n) is 4.80. The van der Waals surface area contributed by atoms with E-state index in [0.717, 1.165) is 29.9 Å². The van der Waals surface area contributed by atoms with Crippen LogP contribution < -0.4 is 10.6 Å². The molecule has 1 unspecified atom stereocenters. The van der Waals surface area contributed by atoms with Crippen molar-refractivity contribution in [3.05, 3.63) is 29.3 Å². The number of piperidine rings is 1. The average Bonchev–Trinajstić information content (AvgIpc) is 2.88. The molecule has 1 aromatic heterocycles. The maximum absolute atomic E-state index is 12.0. The molecule has 19 heavy (non-hydrogen) atoms.